The SMILES string of the molecule is O=[N+]([O-])c1ccccc1OP(=O)(Cl)Oc1ccccc1[N+](=O)[O-]. The molecule has 0 atom stereocenters. The third-order valence-electron chi connectivity index (χ3n) is 2.54. The maximum atomic E-state index is 12.2. The van der Waals surface area contributed by atoms with Crippen LogP contribution in [-0.4, -0.2) is 9.85 Å². The van der Waals surface area contributed by atoms with Crippen LogP contribution in [0.3, 0.4) is 0 Å². The van der Waals surface area contributed by atoms with Crippen LogP contribution in [0.5, 0.6) is 11.5 Å². The number of hydrogen-bond acceptors (Lipinski definition) is 7. The van der Waals surface area contributed by atoms with Gasteiger partial charge in [-0.2, -0.15) is 0 Å². The highest BCUT2D eigenvalue weighted by molar-refractivity contribution is 7.82. The average Bonchev–Trinajstić information content (AvgIpc) is 2.47. The molecule has 2 aromatic rings. The van der Waals surface area contributed by atoms with Crippen molar-refractivity contribution in [2.24, 2.45) is 0 Å². The molecule has 9 nitrogen and oxygen atoms in total. The normalized spacial score (nSPS) is 10.8. The van der Waals surface area contributed by atoms with Crippen molar-refractivity contribution in [2.75, 3.05) is 0 Å². The van der Waals surface area contributed by atoms with Crippen molar-refractivity contribution in [1.82, 2.24) is 0 Å². The first-order valence-electron chi connectivity index (χ1n) is 5.96. The Morgan fingerprint density at radius 1 is 0.826 bits per heavy atom. The number of nitro groups is 2. The number of rotatable bonds is 6. The lowest BCUT2D eigenvalue weighted by Crippen LogP contribution is -2.00. The van der Waals surface area contributed by atoms with Gasteiger partial charge in [0.2, 0.25) is 11.5 Å². The summed E-state index contributed by atoms with van der Waals surface area (Å²) in [4.78, 5) is 20.2. The van der Waals surface area contributed by atoms with Gasteiger partial charge in [0.1, 0.15) is 0 Å². The summed E-state index contributed by atoms with van der Waals surface area (Å²) < 4.78 is 21.9. The number of halogens is 1. The molecule has 2 rings (SSSR count). The number of nitro benzene ring substituents is 2. The molecule has 0 amide bonds. The van der Waals surface area contributed by atoms with Crippen molar-refractivity contribution in [2.45, 2.75) is 0 Å². The second-order valence-electron chi connectivity index (χ2n) is 4.06. The summed E-state index contributed by atoms with van der Waals surface area (Å²) in [7, 11) is 0. The topological polar surface area (TPSA) is 122 Å². The lowest BCUT2D eigenvalue weighted by Gasteiger charge is -2.13. The minimum Gasteiger partial charge on any atom is -0.397 e. The summed E-state index contributed by atoms with van der Waals surface area (Å²) in [6.07, 6.45) is 0. The van der Waals surface area contributed by atoms with Gasteiger partial charge in [0, 0.05) is 23.4 Å². The van der Waals surface area contributed by atoms with Gasteiger partial charge in [0.05, 0.1) is 9.85 Å². The molecule has 0 saturated carbocycles. The third-order valence-corrected chi connectivity index (χ3v) is 3.78. The molecule has 0 spiro atoms. The molecule has 0 aliphatic rings. The zero-order valence-electron chi connectivity index (χ0n) is 11.2. The van der Waals surface area contributed by atoms with Gasteiger partial charge in [-0.25, -0.2) is 4.57 Å². The fourth-order valence-corrected chi connectivity index (χ4v) is 2.89. The van der Waals surface area contributed by atoms with E-state index in [1.54, 1.807) is 0 Å². The van der Waals surface area contributed by atoms with E-state index in [9.17, 15) is 24.8 Å². The number of hydrogen-bond donors (Lipinski definition) is 0. The van der Waals surface area contributed by atoms with Crippen LogP contribution in [-0.2, 0) is 4.57 Å². The molecule has 2 aromatic carbocycles. The highest BCUT2D eigenvalue weighted by Gasteiger charge is 2.31. The van der Waals surface area contributed by atoms with Crippen LogP contribution in [0.15, 0.2) is 48.5 Å². The van der Waals surface area contributed by atoms with Gasteiger partial charge in [0.25, 0.3) is 0 Å². The van der Waals surface area contributed by atoms with E-state index in [4.69, 9.17) is 20.3 Å². The highest BCUT2D eigenvalue weighted by atomic mass is 35.7. The molecular formula is C12H8ClN2O7P. The van der Waals surface area contributed by atoms with Gasteiger partial charge in [-0.05, 0) is 12.1 Å². The second kappa shape index (κ2) is 6.64. The van der Waals surface area contributed by atoms with Crippen LogP contribution in [0.25, 0.3) is 0 Å². The first-order chi connectivity index (χ1) is 10.8. The number of benzene rings is 2. The van der Waals surface area contributed by atoms with Crippen LogP contribution >= 0.6 is 18.2 Å². The molecule has 0 N–H and O–H groups in total. The van der Waals surface area contributed by atoms with E-state index in [2.05, 4.69) is 0 Å². The van der Waals surface area contributed by atoms with Crippen LogP contribution in [0.1, 0.15) is 0 Å². The van der Waals surface area contributed by atoms with Crippen molar-refractivity contribution in [1.29, 1.82) is 0 Å². The minimum atomic E-state index is -4.41. The van der Waals surface area contributed by atoms with Gasteiger partial charge in [-0.1, -0.05) is 24.3 Å². The molecule has 0 saturated heterocycles. The molecule has 11 heteroatoms. The van der Waals surface area contributed by atoms with Crippen LogP contribution in [0.2, 0.25) is 0 Å². The molecule has 0 aliphatic heterocycles. The Morgan fingerprint density at radius 2 is 1.17 bits per heavy atom. The van der Waals surface area contributed by atoms with E-state index in [1.807, 2.05) is 0 Å². The van der Waals surface area contributed by atoms with E-state index < -0.39 is 28.2 Å². The Morgan fingerprint density at radius 3 is 1.52 bits per heavy atom. The summed E-state index contributed by atoms with van der Waals surface area (Å²) in [6, 6.07) is 10.2. The van der Waals surface area contributed by atoms with Crippen molar-refractivity contribution in [3.63, 3.8) is 0 Å². The minimum absolute atomic E-state index is 0.380. The van der Waals surface area contributed by atoms with Crippen molar-refractivity contribution < 1.29 is 23.5 Å². The van der Waals surface area contributed by atoms with Crippen LogP contribution < -0.4 is 9.05 Å². The molecule has 0 fully saturated rings. The Labute approximate surface area is 134 Å². The maximum absolute atomic E-state index is 12.2. The molecule has 0 radical (unpaired) electrons. The molecule has 0 aliphatic carbocycles. The first kappa shape index (κ1) is 16.7. The first-order valence-corrected chi connectivity index (χ1v) is 8.40. The standard InChI is InChI=1S/C12H8ClN2O7P/c13-23(20,21-11-7-3-1-5-9(11)14(16)17)22-12-8-4-2-6-10(12)15(18)19/h1-8H. The lowest BCUT2D eigenvalue weighted by atomic mass is 10.3. The largest absolute Gasteiger partial charge is 0.530 e. The van der Waals surface area contributed by atoms with Gasteiger partial charge < -0.3 is 9.05 Å². The Balaban J connectivity index is 2.29. The fraction of sp³-hybridized carbons (Fsp3) is 0. The second-order valence-corrected chi connectivity index (χ2v) is 6.53. The molecule has 0 unspecified atom stereocenters. The quantitative estimate of drug-likeness (QED) is 0.428. The highest BCUT2D eigenvalue weighted by Crippen LogP contribution is 2.55. The van der Waals surface area contributed by atoms with Crippen molar-refractivity contribution >= 4 is 29.6 Å². The van der Waals surface area contributed by atoms with Gasteiger partial charge >= 0.3 is 18.3 Å². The zero-order chi connectivity index (χ0) is 17.0. The van der Waals surface area contributed by atoms with Gasteiger partial charge in [-0.3, -0.25) is 20.2 Å². The Hall–Kier alpha value is -2.64. The van der Waals surface area contributed by atoms with E-state index in [-0.39, 0.29) is 11.5 Å². The van der Waals surface area contributed by atoms with Gasteiger partial charge in [0.15, 0.2) is 0 Å². The van der Waals surface area contributed by atoms with E-state index >= 15 is 0 Å². The predicted octanol–water partition coefficient (Wildman–Crippen LogP) is 4.31. The van der Waals surface area contributed by atoms with E-state index in [0.717, 1.165) is 12.1 Å². The zero-order valence-corrected chi connectivity index (χ0v) is 12.8. The van der Waals surface area contributed by atoms with Crippen molar-refractivity contribution in [3.05, 3.63) is 68.8 Å². The molecular weight excluding hydrogens is 351 g/mol. The molecule has 23 heavy (non-hydrogen) atoms. The molecule has 0 aromatic heterocycles. The van der Waals surface area contributed by atoms with Crippen LogP contribution in [0, 0.1) is 20.2 Å². The van der Waals surface area contributed by atoms with E-state index in [1.165, 1.54) is 36.4 Å². The third kappa shape index (κ3) is 4.18. The Bertz CT molecular complexity index is 750. The predicted molar refractivity (Wildman–Crippen MR) is 80.9 cm³/mol. The summed E-state index contributed by atoms with van der Waals surface area (Å²) in [6.45, 7) is -4.41. The maximum Gasteiger partial charge on any atom is 0.530 e. The fourth-order valence-electron chi connectivity index (χ4n) is 1.62. The van der Waals surface area contributed by atoms with Gasteiger partial charge in [-0.15, -0.1) is 0 Å². The van der Waals surface area contributed by atoms with E-state index in [0.29, 0.717) is 0 Å². The molecule has 0 bridgehead atoms. The number of nitrogens with zero attached hydrogens (tertiary/aromatic N) is 2. The molecule has 0 heterocycles. The summed E-state index contributed by atoms with van der Waals surface area (Å²) in [5.41, 5.74) is -0.945. The molecule has 120 valence electrons. The van der Waals surface area contributed by atoms with Crippen LogP contribution in [0.4, 0.5) is 11.4 Å². The Kier molecular flexibility index (Phi) is 4.83. The average molecular weight is 359 g/mol. The summed E-state index contributed by atoms with van der Waals surface area (Å²) in [5.74, 6) is -0.760. The monoisotopic (exact) mass is 358 g/mol. The van der Waals surface area contributed by atoms with Crippen molar-refractivity contribution in [3.8, 4) is 11.5 Å². The summed E-state index contributed by atoms with van der Waals surface area (Å²) in [5, 5.41) is 21.7. The smallest absolute Gasteiger partial charge is 0.397 e. The number of para-hydroxylation sites is 4. The lowest BCUT2D eigenvalue weighted by molar-refractivity contribution is -0.385. The summed E-state index contributed by atoms with van der Waals surface area (Å²) >= 11 is 5.62.